The Morgan fingerprint density at radius 1 is 1.42 bits per heavy atom. The lowest BCUT2D eigenvalue weighted by molar-refractivity contribution is 0.598. The first-order valence-electron chi connectivity index (χ1n) is 5.38. The van der Waals surface area contributed by atoms with Gasteiger partial charge in [0.05, 0.1) is 23.4 Å². The molecule has 0 saturated carbocycles. The molecule has 0 aliphatic carbocycles. The molecule has 0 bridgehead atoms. The Morgan fingerprint density at radius 3 is 2.68 bits per heavy atom. The first kappa shape index (κ1) is 13.8. The molecule has 2 aromatic rings. The predicted molar refractivity (Wildman–Crippen MR) is 76.4 cm³/mol. The van der Waals surface area contributed by atoms with Gasteiger partial charge in [-0.05, 0) is 18.2 Å². The molecular weight excluding hydrogens is 284 g/mol. The lowest BCUT2D eigenvalue weighted by Gasteiger charge is -2.19. The highest BCUT2D eigenvalue weighted by atomic mass is 32.2. The minimum Gasteiger partial charge on any atom is -0.398 e. The second-order valence-corrected chi connectivity index (χ2v) is 6.35. The Hall–Kier alpha value is -1.64. The normalized spacial score (nSPS) is 11.5. The molecule has 0 spiro atoms. The average Bonchev–Trinajstić information content (AvgIpc) is 2.79. The van der Waals surface area contributed by atoms with Crippen molar-refractivity contribution in [2.24, 2.45) is 5.14 Å². The van der Waals surface area contributed by atoms with E-state index in [0.717, 1.165) is 11.4 Å². The molecular formula is C11H14N4O2S2. The van der Waals surface area contributed by atoms with Crippen molar-refractivity contribution in [1.29, 1.82) is 0 Å². The largest absolute Gasteiger partial charge is 0.398 e. The second-order valence-electron chi connectivity index (χ2n) is 4.10. The van der Waals surface area contributed by atoms with Crippen molar-refractivity contribution in [2.75, 3.05) is 17.7 Å². The van der Waals surface area contributed by atoms with Crippen LogP contribution in [-0.4, -0.2) is 20.4 Å². The van der Waals surface area contributed by atoms with Crippen LogP contribution in [0.3, 0.4) is 0 Å². The molecule has 1 aromatic heterocycles. The summed E-state index contributed by atoms with van der Waals surface area (Å²) in [5, 5.41) is 7.02. The van der Waals surface area contributed by atoms with Crippen molar-refractivity contribution in [3.63, 3.8) is 0 Å². The molecule has 0 saturated heterocycles. The van der Waals surface area contributed by atoms with Crippen molar-refractivity contribution < 1.29 is 8.42 Å². The van der Waals surface area contributed by atoms with E-state index < -0.39 is 10.0 Å². The van der Waals surface area contributed by atoms with Crippen molar-refractivity contribution in [3.05, 3.63) is 34.8 Å². The van der Waals surface area contributed by atoms with Crippen LogP contribution in [0, 0.1) is 0 Å². The molecule has 19 heavy (non-hydrogen) atoms. The summed E-state index contributed by atoms with van der Waals surface area (Å²) in [6.07, 6.45) is 0. The molecule has 1 aromatic carbocycles. The number of rotatable bonds is 4. The van der Waals surface area contributed by atoms with Gasteiger partial charge in [0, 0.05) is 18.1 Å². The topological polar surface area (TPSA) is 102 Å². The van der Waals surface area contributed by atoms with E-state index in [1.807, 2.05) is 17.3 Å². The molecule has 0 unspecified atom stereocenters. The third-order valence-corrected chi connectivity index (χ3v) is 4.24. The molecule has 0 aliphatic heterocycles. The fourth-order valence-corrected chi connectivity index (χ4v) is 2.88. The monoisotopic (exact) mass is 298 g/mol. The van der Waals surface area contributed by atoms with E-state index in [1.165, 1.54) is 17.4 Å². The highest BCUT2D eigenvalue weighted by molar-refractivity contribution is 7.89. The van der Waals surface area contributed by atoms with Crippen LogP contribution >= 0.6 is 11.3 Å². The second kappa shape index (κ2) is 5.16. The zero-order chi connectivity index (χ0) is 14.0. The van der Waals surface area contributed by atoms with E-state index in [2.05, 4.69) is 4.98 Å². The first-order chi connectivity index (χ1) is 8.88. The molecule has 0 amide bonds. The van der Waals surface area contributed by atoms with Crippen LogP contribution in [0.25, 0.3) is 0 Å². The molecule has 0 aliphatic rings. The van der Waals surface area contributed by atoms with Crippen LogP contribution in [0.15, 0.2) is 34.0 Å². The van der Waals surface area contributed by atoms with Crippen LogP contribution < -0.4 is 15.8 Å². The predicted octanol–water partition coefficient (Wildman–Crippen LogP) is 1.01. The van der Waals surface area contributed by atoms with Gasteiger partial charge in [-0.25, -0.2) is 18.5 Å². The fourth-order valence-electron chi connectivity index (χ4n) is 1.68. The minimum atomic E-state index is -3.78. The number of hydrogen-bond acceptors (Lipinski definition) is 6. The van der Waals surface area contributed by atoms with Gasteiger partial charge in [0.2, 0.25) is 10.0 Å². The summed E-state index contributed by atoms with van der Waals surface area (Å²) in [6.45, 7) is 0.623. The van der Waals surface area contributed by atoms with Crippen LogP contribution in [-0.2, 0) is 16.6 Å². The Morgan fingerprint density at radius 2 is 2.16 bits per heavy atom. The van der Waals surface area contributed by atoms with Crippen molar-refractivity contribution in [2.45, 2.75) is 11.4 Å². The summed E-state index contributed by atoms with van der Waals surface area (Å²) in [5.41, 5.74) is 9.38. The van der Waals surface area contributed by atoms with Crippen molar-refractivity contribution in [3.8, 4) is 0 Å². The number of benzene rings is 1. The van der Waals surface area contributed by atoms with Crippen molar-refractivity contribution in [1.82, 2.24) is 4.98 Å². The highest BCUT2D eigenvalue weighted by Gasteiger charge is 2.13. The van der Waals surface area contributed by atoms with Gasteiger partial charge in [-0.3, -0.25) is 0 Å². The van der Waals surface area contributed by atoms with Crippen molar-refractivity contribution >= 4 is 32.7 Å². The Bertz CT molecular complexity index is 668. The highest BCUT2D eigenvalue weighted by Crippen LogP contribution is 2.24. The summed E-state index contributed by atoms with van der Waals surface area (Å²) >= 11 is 1.53. The number of thiazole rings is 1. The van der Waals surface area contributed by atoms with Gasteiger partial charge in [0.25, 0.3) is 0 Å². The van der Waals surface area contributed by atoms with E-state index in [-0.39, 0.29) is 10.6 Å². The van der Waals surface area contributed by atoms with E-state index in [9.17, 15) is 8.42 Å². The van der Waals surface area contributed by atoms with Crippen LogP contribution in [0.4, 0.5) is 11.4 Å². The third kappa shape index (κ3) is 3.22. The number of anilines is 2. The summed E-state index contributed by atoms with van der Waals surface area (Å²) in [6, 6.07) is 4.67. The molecule has 6 nitrogen and oxygen atoms in total. The maximum absolute atomic E-state index is 11.3. The van der Waals surface area contributed by atoms with Gasteiger partial charge >= 0.3 is 0 Å². The standard InChI is InChI=1S/C11H14N4O2S2/c1-15(5-8-6-18-7-14-8)9-2-3-11(10(12)4-9)19(13,16)17/h2-4,6-7H,5,12H2,1H3,(H2,13,16,17). The first-order valence-corrected chi connectivity index (χ1v) is 7.87. The lowest BCUT2D eigenvalue weighted by Crippen LogP contribution is -2.18. The SMILES string of the molecule is CN(Cc1cscn1)c1ccc(S(N)(=O)=O)c(N)c1. The van der Waals surface area contributed by atoms with Crippen LogP contribution in [0.1, 0.15) is 5.69 Å². The molecule has 0 atom stereocenters. The number of nitrogens with zero attached hydrogens (tertiary/aromatic N) is 2. The Balaban J connectivity index is 2.25. The summed E-state index contributed by atoms with van der Waals surface area (Å²) in [5.74, 6) is 0. The Labute approximate surface area is 115 Å². The average molecular weight is 298 g/mol. The van der Waals surface area contributed by atoms with Crippen LogP contribution in [0.5, 0.6) is 0 Å². The molecule has 0 radical (unpaired) electrons. The molecule has 0 fully saturated rings. The third-order valence-electron chi connectivity index (χ3n) is 2.62. The van der Waals surface area contributed by atoms with Gasteiger partial charge in [-0.1, -0.05) is 0 Å². The number of primary sulfonamides is 1. The maximum Gasteiger partial charge on any atom is 0.240 e. The van der Waals surface area contributed by atoms with E-state index >= 15 is 0 Å². The van der Waals surface area contributed by atoms with Gasteiger partial charge in [0.15, 0.2) is 0 Å². The zero-order valence-electron chi connectivity index (χ0n) is 10.3. The number of hydrogen-bond donors (Lipinski definition) is 2. The number of sulfonamides is 1. The number of aromatic nitrogens is 1. The molecule has 4 N–H and O–H groups in total. The molecule has 102 valence electrons. The van der Waals surface area contributed by atoms with Crippen LogP contribution in [0.2, 0.25) is 0 Å². The quantitative estimate of drug-likeness (QED) is 0.820. The van der Waals surface area contributed by atoms with E-state index in [4.69, 9.17) is 10.9 Å². The molecule has 8 heteroatoms. The fraction of sp³-hybridized carbons (Fsp3) is 0.182. The van der Waals surface area contributed by atoms with E-state index in [1.54, 1.807) is 17.6 Å². The minimum absolute atomic E-state index is 0.0571. The number of nitrogen functional groups attached to an aromatic ring is 1. The lowest BCUT2D eigenvalue weighted by atomic mass is 10.2. The summed E-state index contributed by atoms with van der Waals surface area (Å²) in [7, 11) is -1.90. The summed E-state index contributed by atoms with van der Waals surface area (Å²) in [4.78, 5) is 6.06. The van der Waals surface area contributed by atoms with Gasteiger partial charge in [0.1, 0.15) is 4.90 Å². The Kier molecular flexibility index (Phi) is 3.74. The smallest absolute Gasteiger partial charge is 0.240 e. The summed E-state index contributed by atoms with van der Waals surface area (Å²) < 4.78 is 22.5. The van der Waals surface area contributed by atoms with Gasteiger partial charge in [-0.15, -0.1) is 11.3 Å². The zero-order valence-corrected chi connectivity index (χ0v) is 11.9. The van der Waals surface area contributed by atoms with Gasteiger partial charge in [-0.2, -0.15) is 0 Å². The van der Waals surface area contributed by atoms with E-state index in [0.29, 0.717) is 6.54 Å². The van der Waals surface area contributed by atoms with Gasteiger partial charge < -0.3 is 10.6 Å². The number of nitrogens with two attached hydrogens (primary N) is 2. The maximum atomic E-state index is 11.3. The molecule has 1 heterocycles. The molecule has 2 rings (SSSR count).